The maximum absolute atomic E-state index is 12.3. The Labute approximate surface area is 162 Å². The number of ether oxygens (including phenoxy) is 3. The van der Waals surface area contributed by atoms with E-state index < -0.39 is 0 Å². The zero-order chi connectivity index (χ0) is 19.2. The van der Waals surface area contributed by atoms with Gasteiger partial charge in [-0.3, -0.25) is 0 Å². The molecule has 2 fully saturated rings. The summed E-state index contributed by atoms with van der Waals surface area (Å²) in [7, 11) is 0. The van der Waals surface area contributed by atoms with Crippen LogP contribution in [0.3, 0.4) is 0 Å². The van der Waals surface area contributed by atoms with E-state index in [0.717, 1.165) is 32.3 Å². The molecule has 1 aromatic carbocycles. The van der Waals surface area contributed by atoms with Crippen molar-refractivity contribution in [2.24, 2.45) is 23.7 Å². The van der Waals surface area contributed by atoms with Gasteiger partial charge in [-0.25, -0.2) is 4.79 Å². The molecule has 0 aromatic heterocycles. The lowest BCUT2D eigenvalue weighted by Gasteiger charge is -2.29. The fourth-order valence-corrected chi connectivity index (χ4v) is 4.41. The summed E-state index contributed by atoms with van der Waals surface area (Å²) in [4.78, 5) is 12.3. The van der Waals surface area contributed by atoms with E-state index >= 15 is 0 Å². The average molecular weight is 376 g/mol. The van der Waals surface area contributed by atoms with Crippen molar-refractivity contribution in [3.8, 4) is 0 Å². The molecule has 1 aliphatic heterocycles. The Balaban J connectivity index is 1.62. The topological polar surface area (TPSA) is 65.0 Å². The average Bonchev–Trinajstić information content (AvgIpc) is 3.02. The van der Waals surface area contributed by atoms with Gasteiger partial charge in [-0.1, -0.05) is 32.0 Å². The second-order valence-electron chi connectivity index (χ2n) is 8.02. The molecule has 0 amide bonds. The minimum atomic E-state index is -0.293. The van der Waals surface area contributed by atoms with Crippen molar-refractivity contribution in [2.75, 3.05) is 19.8 Å². The Bertz CT molecular complexity index is 584. The van der Waals surface area contributed by atoms with Crippen LogP contribution >= 0.6 is 0 Å². The van der Waals surface area contributed by atoms with Gasteiger partial charge >= 0.3 is 5.97 Å². The summed E-state index contributed by atoms with van der Waals surface area (Å²) in [6, 6.07) is 9.07. The van der Waals surface area contributed by atoms with Gasteiger partial charge in [0.2, 0.25) is 0 Å². The van der Waals surface area contributed by atoms with Crippen molar-refractivity contribution >= 4 is 5.97 Å². The SMILES string of the molecule is C[C@H]1[C@H](COC(=O)c2ccccc2)[C@H]([C@H](C)CO)C[C@H]1OC1CCCCO1. The van der Waals surface area contributed by atoms with Crippen LogP contribution < -0.4 is 0 Å². The third kappa shape index (κ3) is 5.09. The molecule has 2 aliphatic rings. The first-order valence-corrected chi connectivity index (χ1v) is 10.2. The molecule has 27 heavy (non-hydrogen) atoms. The molecule has 1 saturated carbocycles. The Morgan fingerprint density at radius 2 is 2.07 bits per heavy atom. The first-order valence-electron chi connectivity index (χ1n) is 10.2. The predicted octanol–water partition coefficient (Wildman–Crippen LogP) is 3.66. The zero-order valence-corrected chi connectivity index (χ0v) is 16.4. The van der Waals surface area contributed by atoms with Gasteiger partial charge in [0.05, 0.1) is 18.3 Å². The van der Waals surface area contributed by atoms with Crippen molar-refractivity contribution in [3.05, 3.63) is 35.9 Å². The van der Waals surface area contributed by atoms with Crippen LogP contribution in [-0.4, -0.2) is 43.3 Å². The standard InChI is InChI=1S/C22H32O5/c1-15(13-23)18-12-20(27-21-10-6-7-11-25-21)16(2)19(18)14-26-22(24)17-8-4-3-5-9-17/h3-5,8-9,15-16,18-21,23H,6-7,10-14H2,1-2H3/t15-,16+,18+,19+,20-,21?/m1/s1. The van der Waals surface area contributed by atoms with Crippen LogP contribution in [0.5, 0.6) is 0 Å². The summed E-state index contributed by atoms with van der Waals surface area (Å²) >= 11 is 0. The number of carbonyl (C=O) groups is 1. The minimum absolute atomic E-state index is 0.0764. The van der Waals surface area contributed by atoms with Crippen LogP contribution in [0.4, 0.5) is 0 Å². The molecule has 0 bridgehead atoms. The fourth-order valence-electron chi connectivity index (χ4n) is 4.41. The van der Waals surface area contributed by atoms with Gasteiger partial charge in [0.15, 0.2) is 6.29 Å². The summed E-state index contributed by atoms with van der Waals surface area (Å²) in [6.45, 7) is 5.48. The highest BCUT2D eigenvalue weighted by Crippen LogP contribution is 2.43. The van der Waals surface area contributed by atoms with E-state index in [1.165, 1.54) is 0 Å². The van der Waals surface area contributed by atoms with Gasteiger partial charge in [0.1, 0.15) is 0 Å². The maximum Gasteiger partial charge on any atom is 0.338 e. The van der Waals surface area contributed by atoms with Crippen molar-refractivity contribution < 1.29 is 24.1 Å². The monoisotopic (exact) mass is 376 g/mol. The summed E-state index contributed by atoms with van der Waals surface area (Å²) in [5.74, 6) is 0.542. The molecule has 1 aliphatic carbocycles. The molecule has 0 radical (unpaired) electrons. The van der Waals surface area contributed by atoms with E-state index in [1.54, 1.807) is 12.1 Å². The van der Waals surface area contributed by atoms with Crippen LogP contribution in [0.1, 0.15) is 49.9 Å². The molecule has 5 heteroatoms. The van der Waals surface area contributed by atoms with E-state index in [9.17, 15) is 9.90 Å². The molecule has 0 spiro atoms. The molecular weight excluding hydrogens is 344 g/mol. The molecule has 1 saturated heterocycles. The first kappa shape index (κ1) is 20.3. The Morgan fingerprint density at radius 3 is 2.74 bits per heavy atom. The molecule has 6 atom stereocenters. The highest BCUT2D eigenvalue weighted by Gasteiger charge is 2.45. The Kier molecular flexibility index (Phi) is 7.27. The van der Waals surface area contributed by atoms with E-state index in [4.69, 9.17) is 14.2 Å². The second kappa shape index (κ2) is 9.67. The van der Waals surface area contributed by atoms with E-state index in [0.29, 0.717) is 12.2 Å². The number of hydrogen-bond acceptors (Lipinski definition) is 5. The van der Waals surface area contributed by atoms with Gasteiger partial charge in [-0.15, -0.1) is 0 Å². The minimum Gasteiger partial charge on any atom is -0.462 e. The third-order valence-corrected chi connectivity index (χ3v) is 6.22. The zero-order valence-electron chi connectivity index (χ0n) is 16.4. The van der Waals surface area contributed by atoms with Crippen molar-refractivity contribution in [2.45, 2.75) is 51.9 Å². The first-order chi connectivity index (χ1) is 13.1. The van der Waals surface area contributed by atoms with Crippen LogP contribution in [0.15, 0.2) is 30.3 Å². The Morgan fingerprint density at radius 1 is 1.30 bits per heavy atom. The van der Waals surface area contributed by atoms with Crippen molar-refractivity contribution in [1.29, 1.82) is 0 Å². The lowest BCUT2D eigenvalue weighted by atomic mass is 9.83. The quantitative estimate of drug-likeness (QED) is 0.736. The van der Waals surface area contributed by atoms with Gasteiger partial charge < -0.3 is 19.3 Å². The van der Waals surface area contributed by atoms with Crippen LogP contribution in [0.25, 0.3) is 0 Å². The molecule has 3 rings (SSSR count). The van der Waals surface area contributed by atoms with Gasteiger partial charge in [0.25, 0.3) is 0 Å². The maximum atomic E-state index is 12.3. The lowest BCUT2D eigenvalue weighted by Crippen LogP contribution is -2.31. The fraction of sp³-hybridized carbons (Fsp3) is 0.682. The van der Waals surface area contributed by atoms with Gasteiger partial charge in [0, 0.05) is 19.1 Å². The highest BCUT2D eigenvalue weighted by atomic mass is 16.7. The molecule has 5 nitrogen and oxygen atoms in total. The molecule has 150 valence electrons. The van der Waals surface area contributed by atoms with Gasteiger partial charge in [-0.2, -0.15) is 0 Å². The molecule has 1 unspecified atom stereocenters. The van der Waals surface area contributed by atoms with Crippen LogP contribution in [0, 0.1) is 23.7 Å². The Hall–Kier alpha value is -1.43. The summed E-state index contributed by atoms with van der Waals surface area (Å²) in [5.41, 5.74) is 0.568. The third-order valence-electron chi connectivity index (χ3n) is 6.22. The number of benzene rings is 1. The summed E-state index contributed by atoms with van der Waals surface area (Å²) < 4.78 is 17.6. The predicted molar refractivity (Wildman–Crippen MR) is 102 cm³/mol. The number of hydrogen-bond donors (Lipinski definition) is 1. The number of rotatable bonds is 7. The molecule has 1 aromatic rings. The molecule has 1 N–H and O–H groups in total. The summed E-state index contributed by atoms with van der Waals surface area (Å²) in [6.07, 6.45) is 4.00. The van der Waals surface area contributed by atoms with E-state index in [2.05, 4.69) is 13.8 Å². The van der Waals surface area contributed by atoms with Crippen LogP contribution in [-0.2, 0) is 14.2 Å². The number of esters is 1. The largest absolute Gasteiger partial charge is 0.462 e. The van der Waals surface area contributed by atoms with Crippen LogP contribution in [0.2, 0.25) is 0 Å². The van der Waals surface area contributed by atoms with E-state index in [1.807, 2.05) is 18.2 Å². The normalized spacial score (nSPS) is 32.2. The summed E-state index contributed by atoms with van der Waals surface area (Å²) in [5, 5.41) is 9.69. The molecular formula is C22H32O5. The number of aliphatic hydroxyl groups is 1. The highest BCUT2D eigenvalue weighted by molar-refractivity contribution is 5.89. The molecule has 1 heterocycles. The smallest absolute Gasteiger partial charge is 0.338 e. The number of carbonyl (C=O) groups excluding carboxylic acids is 1. The lowest BCUT2D eigenvalue weighted by molar-refractivity contribution is -0.195. The van der Waals surface area contributed by atoms with Gasteiger partial charge in [-0.05, 0) is 55.6 Å². The van der Waals surface area contributed by atoms with Crippen molar-refractivity contribution in [1.82, 2.24) is 0 Å². The number of aliphatic hydroxyl groups excluding tert-OH is 1. The van der Waals surface area contributed by atoms with E-state index in [-0.39, 0.29) is 48.6 Å². The second-order valence-corrected chi connectivity index (χ2v) is 8.02. The van der Waals surface area contributed by atoms with Crippen molar-refractivity contribution in [3.63, 3.8) is 0 Å².